The molecule has 0 aromatic carbocycles. The molecular weight excluding hydrogens is 150 g/mol. The second-order valence-corrected chi connectivity index (χ2v) is 3.36. The highest BCUT2D eigenvalue weighted by Gasteiger charge is 2.30. The summed E-state index contributed by atoms with van der Waals surface area (Å²) in [5, 5.41) is 0. The van der Waals surface area contributed by atoms with Crippen molar-refractivity contribution < 1.29 is 4.79 Å². The van der Waals surface area contributed by atoms with Crippen molar-refractivity contribution in [1.29, 1.82) is 0 Å². The maximum absolute atomic E-state index is 11.5. The van der Waals surface area contributed by atoms with Crippen molar-refractivity contribution in [3.8, 4) is 0 Å². The van der Waals surface area contributed by atoms with Gasteiger partial charge in [-0.15, -0.1) is 0 Å². The SMILES string of the molecule is Cc1ccnc(C(=O)C2CC2)c1. The molecule has 1 aliphatic carbocycles. The number of hydrogen-bond donors (Lipinski definition) is 0. The van der Waals surface area contributed by atoms with Gasteiger partial charge >= 0.3 is 0 Å². The van der Waals surface area contributed by atoms with Crippen LogP contribution in [0.25, 0.3) is 0 Å². The van der Waals surface area contributed by atoms with Crippen molar-refractivity contribution in [3.63, 3.8) is 0 Å². The Morgan fingerprint density at radius 2 is 2.33 bits per heavy atom. The Balaban J connectivity index is 2.26. The van der Waals surface area contributed by atoms with Gasteiger partial charge in [-0.1, -0.05) is 0 Å². The van der Waals surface area contributed by atoms with Crippen molar-refractivity contribution in [2.24, 2.45) is 5.92 Å². The minimum absolute atomic E-state index is 0.221. The predicted molar refractivity (Wildman–Crippen MR) is 46.0 cm³/mol. The van der Waals surface area contributed by atoms with E-state index in [1.807, 2.05) is 19.1 Å². The molecule has 1 aliphatic rings. The summed E-state index contributed by atoms with van der Waals surface area (Å²) >= 11 is 0. The number of carbonyl (C=O) groups excluding carboxylic acids is 1. The third-order valence-electron chi connectivity index (χ3n) is 2.12. The Morgan fingerprint density at radius 1 is 1.58 bits per heavy atom. The lowest BCUT2D eigenvalue weighted by Gasteiger charge is -1.97. The predicted octanol–water partition coefficient (Wildman–Crippen LogP) is 1.98. The molecule has 62 valence electrons. The molecule has 1 saturated carbocycles. The third-order valence-corrected chi connectivity index (χ3v) is 2.12. The molecule has 1 heterocycles. The fourth-order valence-electron chi connectivity index (χ4n) is 1.23. The first-order valence-electron chi connectivity index (χ1n) is 4.24. The first-order chi connectivity index (χ1) is 5.77. The first-order valence-corrected chi connectivity index (χ1v) is 4.24. The highest BCUT2D eigenvalue weighted by Crippen LogP contribution is 2.32. The van der Waals surface area contributed by atoms with Gasteiger partial charge in [0, 0.05) is 12.1 Å². The van der Waals surface area contributed by atoms with Crippen LogP contribution in [-0.4, -0.2) is 10.8 Å². The van der Waals surface area contributed by atoms with E-state index < -0.39 is 0 Å². The molecule has 2 heteroatoms. The first kappa shape index (κ1) is 7.47. The molecule has 0 atom stereocenters. The summed E-state index contributed by atoms with van der Waals surface area (Å²) in [6.45, 7) is 1.98. The standard InChI is InChI=1S/C10H11NO/c1-7-4-5-11-9(6-7)10(12)8-2-3-8/h4-6,8H,2-3H2,1H3. The van der Waals surface area contributed by atoms with Crippen molar-refractivity contribution in [2.45, 2.75) is 19.8 Å². The normalized spacial score (nSPS) is 16.1. The lowest BCUT2D eigenvalue weighted by Crippen LogP contribution is -2.03. The fourth-order valence-corrected chi connectivity index (χ4v) is 1.23. The molecule has 12 heavy (non-hydrogen) atoms. The van der Waals surface area contributed by atoms with Crippen LogP contribution in [0.15, 0.2) is 18.3 Å². The zero-order chi connectivity index (χ0) is 8.55. The Hall–Kier alpha value is -1.18. The van der Waals surface area contributed by atoms with E-state index >= 15 is 0 Å². The van der Waals surface area contributed by atoms with Gasteiger partial charge in [-0.25, -0.2) is 0 Å². The number of Topliss-reactive ketones (excluding diaryl/α,β-unsaturated/α-hetero) is 1. The van der Waals surface area contributed by atoms with E-state index in [4.69, 9.17) is 0 Å². The van der Waals surface area contributed by atoms with Gasteiger partial charge in [0.15, 0.2) is 5.78 Å². The van der Waals surface area contributed by atoms with Gasteiger partial charge in [0.05, 0.1) is 0 Å². The van der Waals surface area contributed by atoms with E-state index in [0.29, 0.717) is 5.69 Å². The number of carbonyl (C=O) groups is 1. The molecule has 0 bridgehead atoms. The van der Waals surface area contributed by atoms with E-state index in [9.17, 15) is 4.79 Å². The number of aromatic nitrogens is 1. The fraction of sp³-hybridized carbons (Fsp3) is 0.400. The number of rotatable bonds is 2. The van der Waals surface area contributed by atoms with Crippen LogP contribution in [0.4, 0.5) is 0 Å². The highest BCUT2D eigenvalue weighted by molar-refractivity contribution is 5.97. The monoisotopic (exact) mass is 161 g/mol. The average molecular weight is 161 g/mol. The van der Waals surface area contributed by atoms with Crippen LogP contribution in [0.1, 0.15) is 28.9 Å². The maximum atomic E-state index is 11.5. The molecule has 2 nitrogen and oxygen atoms in total. The number of ketones is 1. The van der Waals surface area contributed by atoms with Crippen LogP contribution >= 0.6 is 0 Å². The minimum atomic E-state index is 0.221. The molecule has 2 rings (SSSR count). The summed E-state index contributed by atoms with van der Waals surface area (Å²) in [7, 11) is 0. The molecule has 1 aromatic heterocycles. The second-order valence-electron chi connectivity index (χ2n) is 3.36. The van der Waals surface area contributed by atoms with E-state index in [-0.39, 0.29) is 11.7 Å². The Morgan fingerprint density at radius 3 is 2.92 bits per heavy atom. The lowest BCUT2D eigenvalue weighted by atomic mass is 10.1. The molecule has 0 aliphatic heterocycles. The highest BCUT2D eigenvalue weighted by atomic mass is 16.1. The maximum Gasteiger partial charge on any atom is 0.184 e. The summed E-state index contributed by atoms with van der Waals surface area (Å²) in [5.74, 6) is 0.498. The van der Waals surface area contributed by atoms with Crippen LogP contribution in [0, 0.1) is 12.8 Å². The Kier molecular flexibility index (Phi) is 1.68. The van der Waals surface area contributed by atoms with Gasteiger partial charge in [-0.3, -0.25) is 9.78 Å². The minimum Gasteiger partial charge on any atom is -0.292 e. The van der Waals surface area contributed by atoms with Crippen LogP contribution in [-0.2, 0) is 0 Å². The van der Waals surface area contributed by atoms with Gasteiger partial charge in [0.25, 0.3) is 0 Å². The number of aryl methyl sites for hydroxylation is 1. The van der Waals surface area contributed by atoms with Crippen molar-refractivity contribution in [3.05, 3.63) is 29.6 Å². The summed E-state index contributed by atoms with van der Waals surface area (Å²) in [6.07, 6.45) is 3.80. The molecule has 0 radical (unpaired) electrons. The Labute approximate surface area is 71.6 Å². The van der Waals surface area contributed by atoms with Crippen molar-refractivity contribution in [1.82, 2.24) is 4.98 Å². The van der Waals surface area contributed by atoms with Gasteiger partial charge in [0.1, 0.15) is 5.69 Å². The van der Waals surface area contributed by atoms with E-state index in [0.717, 1.165) is 18.4 Å². The number of pyridine rings is 1. The van der Waals surface area contributed by atoms with E-state index in [1.165, 1.54) is 0 Å². The third kappa shape index (κ3) is 1.37. The summed E-state index contributed by atoms with van der Waals surface area (Å²) in [5.41, 5.74) is 1.74. The summed E-state index contributed by atoms with van der Waals surface area (Å²) < 4.78 is 0. The van der Waals surface area contributed by atoms with Gasteiger partial charge in [-0.05, 0) is 37.5 Å². The topological polar surface area (TPSA) is 30.0 Å². The molecule has 0 spiro atoms. The summed E-state index contributed by atoms with van der Waals surface area (Å²) in [4.78, 5) is 15.5. The average Bonchev–Trinajstić information content (AvgIpc) is 2.85. The van der Waals surface area contributed by atoms with Crippen LogP contribution in [0.2, 0.25) is 0 Å². The van der Waals surface area contributed by atoms with Gasteiger partial charge in [0.2, 0.25) is 0 Å². The van der Waals surface area contributed by atoms with E-state index in [2.05, 4.69) is 4.98 Å². The largest absolute Gasteiger partial charge is 0.292 e. The summed E-state index contributed by atoms with van der Waals surface area (Å²) in [6, 6.07) is 3.77. The molecule has 0 saturated heterocycles. The molecule has 1 aromatic rings. The van der Waals surface area contributed by atoms with Crippen LogP contribution < -0.4 is 0 Å². The van der Waals surface area contributed by atoms with Gasteiger partial charge in [-0.2, -0.15) is 0 Å². The quantitative estimate of drug-likeness (QED) is 0.621. The zero-order valence-electron chi connectivity index (χ0n) is 7.08. The second kappa shape index (κ2) is 2.70. The molecular formula is C10H11NO. The van der Waals surface area contributed by atoms with Crippen LogP contribution in [0.5, 0.6) is 0 Å². The molecule has 0 N–H and O–H groups in total. The van der Waals surface area contributed by atoms with Crippen molar-refractivity contribution in [2.75, 3.05) is 0 Å². The van der Waals surface area contributed by atoms with Crippen LogP contribution in [0.3, 0.4) is 0 Å². The smallest absolute Gasteiger partial charge is 0.184 e. The Bertz CT molecular complexity index is 315. The zero-order valence-corrected chi connectivity index (χ0v) is 7.08. The molecule has 1 fully saturated rings. The number of hydrogen-bond acceptors (Lipinski definition) is 2. The van der Waals surface area contributed by atoms with Gasteiger partial charge < -0.3 is 0 Å². The molecule has 0 unspecified atom stereocenters. The van der Waals surface area contributed by atoms with Crippen molar-refractivity contribution >= 4 is 5.78 Å². The number of nitrogens with zero attached hydrogens (tertiary/aromatic N) is 1. The molecule has 0 amide bonds. The lowest BCUT2D eigenvalue weighted by molar-refractivity contribution is 0.0962. The van der Waals surface area contributed by atoms with E-state index in [1.54, 1.807) is 6.20 Å².